The van der Waals surface area contributed by atoms with E-state index >= 15 is 0 Å². The zero-order chi connectivity index (χ0) is 13.3. The van der Waals surface area contributed by atoms with Gasteiger partial charge in [0.05, 0.1) is 6.54 Å². The standard InChI is InChI=1S/C13H15BrN2O2/c1-8-2-12(17)16(13(18)3-8)7-9-4-10(14)6-11(15)5-9/h4-6,8H,2-3,7,15H2,1H3. The number of hydrogen-bond acceptors (Lipinski definition) is 3. The summed E-state index contributed by atoms with van der Waals surface area (Å²) < 4.78 is 0.850. The molecule has 2 N–H and O–H groups in total. The van der Waals surface area contributed by atoms with E-state index in [1.54, 1.807) is 12.1 Å². The number of halogens is 1. The molecule has 2 amide bonds. The fourth-order valence-corrected chi connectivity index (χ4v) is 2.71. The number of imide groups is 1. The number of rotatable bonds is 2. The first kappa shape index (κ1) is 13.1. The minimum Gasteiger partial charge on any atom is -0.399 e. The Morgan fingerprint density at radius 1 is 1.28 bits per heavy atom. The molecule has 1 aromatic carbocycles. The van der Waals surface area contributed by atoms with Crippen molar-refractivity contribution in [3.05, 3.63) is 28.2 Å². The lowest BCUT2D eigenvalue weighted by atomic mass is 9.97. The monoisotopic (exact) mass is 310 g/mol. The number of likely N-dealkylation sites (tertiary alicyclic amines) is 1. The van der Waals surface area contributed by atoms with Gasteiger partial charge >= 0.3 is 0 Å². The Bertz CT molecular complexity index is 464. The second kappa shape index (κ2) is 5.10. The molecule has 2 rings (SSSR count). The smallest absolute Gasteiger partial charge is 0.229 e. The number of carbonyl (C=O) groups is 2. The van der Waals surface area contributed by atoms with Crippen LogP contribution in [-0.2, 0) is 16.1 Å². The van der Waals surface area contributed by atoms with Crippen molar-refractivity contribution in [3.63, 3.8) is 0 Å². The summed E-state index contributed by atoms with van der Waals surface area (Å²) in [5.41, 5.74) is 7.21. The number of piperidine rings is 1. The summed E-state index contributed by atoms with van der Waals surface area (Å²) in [6.07, 6.45) is 0.879. The van der Waals surface area contributed by atoms with Crippen molar-refractivity contribution in [1.82, 2.24) is 4.90 Å². The Morgan fingerprint density at radius 2 is 1.89 bits per heavy atom. The van der Waals surface area contributed by atoms with Crippen LogP contribution < -0.4 is 5.73 Å². The molecule has 1 fully saturated rings. The number of amides is 2. The van der Waals surface area contributed by atoms with Crippen LogP contribution in [0.2, 0.25) is 0 Å². The van der Waals surface area contributed by atoms with Crippen molar-refractivity contribution in [1.29, 1.82) is 0 Å². The van der Waals surface area contributed by atoms with Gasteiger partial charge in [0.1, 0.15) is 0 Å². The summed E-state index contributed by atoms with van der Waals surface area (Å²) in [5, 5.41) is 0. The van der Waals surface area contributed by atoms with E-state index < -0.39 is 0 Å². The molecule has 0 bridgehead atoms. The first-order valence-corrected chi connectivity index (χ1v) is 6.63. The number of nitrogen functional groups attached to an aromatic ring is 1. The SMILES string of the molecule is CC1CC(=O)N(Cc2cc(N)cc(Br)c2)C(=O)C1. The van der Waals surface area contributed by atoms with Gasteiger partial charge in [-0.05, 0) is 29.7 Å². The lowest BCUT2D eigenvalue weighted by molar-refractivity contribution is -0.150. The van der Waals surface area contributed by atoms with Crippen molar-refractivity contribution >= 4 is 33.4 Å². The van der Waals surface area contributed by atoms with Crippen LogP contribution in [0, 0.1) is 5.92 Å². The molecule has 1 aliphatic heterocycles. The molecule has 96 valence electrons. The minimum atomic E-state index is -0.0997. The first-order valence-electron chi connectivity index (χ1n) is 5.84. The van der Waals surface area contributed by atoms with Gasteiger partial charge in [-0.3, -0.25) is 14.5 Å². The van der Waals surface area contributed by atoms with E-state index in [1.165, 1.54) is 4.90 Å². The maximum atomic E-state index is 11.9. The van der Waals surface area contributed by atoms with E-state index in [9.17, 15) is 9.59 Å². The van der Waals surface area contributed by atoms with E-state index in [2.05, 4.69) is 15.9 Å². The molecule has 0 aliphatic carbocycles. The average Bonchev–Trinajstić information content (AvgIpc) is 2.22. The molecule has 0 saturated carbocycles. The van der Waals surface area contributed by atoms with Crippen molar-refractivity contribution in [2.24, 2.45) is 5.92 Å². The molecule has 5 heteroatoms. The zero-order valence-corrected chi connectivity index (χ0v) is 11.7. The van der Waals surface area contributed by atoms with Gasteiger partial charge in [-0.25, -0.2) is 0 Å². The second-order valence-corrected chi connectivity index (χ2v) is 5.70. The van der Waals surface area contributed by atoms with Gasteiger partial charge < -0.3 is 5.73 Å². The fourth-order valence-electron chi connectivity index (χ4n) is 2.15. The number of carbonyl (C=O) groups excluding carboxylic acids is 2. The predicted molar refractivity (Wildman–Crippen MR) is 72.5 cm³/mol. The van der Waals surface area contributed by atoms with Crippen LogP contribution in [0.15, 0.2) is 22.7 Å². The molecule has 0 radical (unpaired) electrons. The molecular formula is C13H15BrN2O2. The fraction of sp³-hybridized carbons (Fsp3) is 0.385. The molecule has 1 aromatic rings. The third-order valence-corrected chi connectivity index (χ3v) is 3.43. The number of nitrogens with zero attached hydrogens (tertiary/aromatic N) is 1. The van der Waals surface area contributed by atoms with Gasteiger partial charge in [-0.1, -0.05) is 22.9 Å². The molecule has 0 spiro atoms. The molecule has 0 atom stereocenters. The van der Waals surface area contributed by atoms with E-state index in [0.717, 1.165) is 10.0 Å². The molecule has 0 aromatic heterocycles. The highest BCUT2D eigenvalue weighted by Gasteiger charge is 2.30. The summed E-state index contributed by atoms with van der Waals surface area (Å²) in [6, 6.07) is 5.43. The Labute approximate surface area is 114 Å². The van der Waals surface area contributed by atoms with Gasteiger partial charge in [0.2, 0.25) is 11.8 Å². The average molecular weight is 311 g/mol. The Balaban J connectivity index is 2.17. The summed E-state index contributed by atoms with van der Waals surface area (Å²) in [5.74, 6) is -0.0524. The highest BCUT2D eigenvalue weighted by molar-refractivity contribution is 9.10. The largest absolute Gasteiger partial charge is 0.399 e. The summed E-state index contributed by atoms with van der Waals surface area (Å²) in [6.45, 7) is 2.22. The van der Waals surface area contributed by atoms with Crippen molar-refractivity contribution < 1.29 is 9.59 Å². The van der Waals surface area contributed by atoms with Crippen LogP contribution in [0.5, 0.6) is 0 Å². The van der Waals surface area contributed by atoms with Crippen LogP contribution in [-0.4, -0.2) is 16.7 Å². The molecule has 0 unspecified atom stereocenters. The van der Waals surface area contributed by atoms with E-state index in [-0.39, 0.29) is 17.7 Å². The number of hydrogen-bond donors (Lipinski definition) is 1. The van der Waals surface area contributed by atoms with Crippen molar-refractivity contribution in [2.75, 3.05) is 5.73 Å². The van der Waals surface area contributed by atoms with Crippen LogP contribution in [0.1, 0.15) is 25.3 Å². The Kier molecular flexibility index (Phi) is 3.71. The maximum Gasteiger partial charge on any atom is 0.229 e. The predicted octanol–water partition coefficient (Wildman–Crippen LogP) is 2.32. The zero-order valence-electron chi connectivity index (χ0n) is 10.1. The van der Waals surface area contributed by atoms with Gasteiger partial charge in [-0.15, -0.1) is 0 Å². The normalized spacial score (nSPS) is 17.3. The first-order chi connectivity index (χ1) is 8.45. The molecule has 1 saturated heterocycles. The molecule has 1 aliphatic rings. The van der Waals surface area contributed by atoms with Crippen LogP contribution in [0.4, 0.5) is 5.69 Å². The summed E-state index contributed by atoms with van der Waals surface area (Å²) in [7, 11) is 0. The summed E-state index contributed by atoms with van der Waals surface area (Å²) >= 11 is 3.35. The van der Waals surface area contributed by atoms with E-state index in [4.69, 9.17) is 5.73 Å². The highest BCUT2D eigenvalue weighted by atomic mass is 79.9. The topological polar surface area (TPSA) is 63.4 Å². The van der Waals surface area contributed by atoms with E-state index in [1.807, 2.05) is 13.0 Å². The van der Waals surface area contributed by atoms with Gasteiger partial charge in [0.15, 0.2) is 0 Å². The number of anilines is 1. The van der Waals surface area contributed by atoms with Gasteiger partial charge in [0.25, 0.3) is 0 Å². The van der Waals surface area contributed by atoms with Crippen LogP contribution in [0.3, 0.4) is 0 Å². The molecule has 4 nitrogen and oxygen atoms in total. The van der Waals surface area contributed by atoms with Crippen LogP contribution in [0.25, 0.3) is 0 Å². The number of benzene rings is 1. The third-order valence-electron chi connectivity index (χ3n) is 2.97. The Morgan fingerprint density at radius 3 is 2.44 bits per heavy atom. The maximum absolute atomic E-state index is 11.9. The third kappa shape index (κ3) is 2.90. The highest BCUT2D eigenvalue weighted by Crippen LogP contribution is 2.23. The van der Waals surface area contributed by atoms with Crippen molar-refractivity contribution in [2.45, 2.75) is 26.3 Å². The van der Waals surface area contributed by atoms with Crippen molar-refractivity contribution in [3.8, 4) is 0 Å². The minimum absolute atomic E-state index is 0.0997. The quantitative estimate of drug-likeness (QED) is 0.673. The lowest BCUT2D eigenvalue weighted by Crippen LogP contribution is -2.42. The van der Waals surface area contributed by atoms with Crippen LogP contribution >= 0.6 is 15.9 Å². The molecule has 1 heterocycles. The molecular weight excluding hydrogens is 296 g/mol. The van der Waals surface area contributed by atoms with Gasteiger partial charge in [-0.2, -0.15) is 0 Å². The second-order valence-electron chi connectivity index (χ2n) is 4.78. The Hall–Kier alpha value is -1.36. The van der Waals surface area contributed by atoms with E-state index in [0.29, 0.717) is 25.1 Å². The summed E-state index contributed by atoms with van der Waals surface area (Å²) in [4.78, 5) is 25.0. The lowest BCUT2D eigenvalue weighted by Gasteiger charge is -2.28. The molecule has 18 heavy (non-hydrogen) atoms. The van der Waals surface area contributed by atoms with Gasteiger partial charge in [0, 0.05) is 23.0 Å². The number of nitrogens with two attached hydrogens (primary N) is 1.